The first-order chi connectivity index (χ1) is 14.0. The number of halogens is 1. The van der Waals surface area contributed by atoms with E-state index in [0.29, 0.717) is 33.4 Å². The van der Waals surface area contributed by atoms with Gasteiger partial charge in [-0.25, -0.2) is 0 Å². The Bertz CT molecular complexity index is 1170. The van der Waals surface area contributed by atoms with Crippen LogP contribution in [-0.2, 0) is 6.54 Å². The maximum absolute atomic E-state index is 12.9. The number of aromatic nitrogens is 5. The molecule has 0 bridgehead atoms. The fourth-order valence-corrected chi connectivity index (χ4v) is 3.15. The Morgan fingerprint density at radius 3 is 2.66 bits per heavy atom. The molecule has 0 aliphatic heterocycles. The van der Waals surface area contributed by atoms with Crippen molar-refractivity contribution in [3.05, 3.63) is 76.3 Å². The number of nitrogens with zero attached hydrogens (tertiary/aromatic N) is 5. The molecule has 2 aromatic carbocycles. The van der Waals surface area contributed by atoms with E-state index in [2.05, 4.69) is 26.0 Å². The van der Waals surface area contributed by atoms with Gasteiger partial charge in [0, 0.05) is 5.56 Å². The molecule has 1 N–H and O–H groups in total. The van der Waals surface area contributed by atoms with Crippen LogP contribution in [0, 0.1) is 13.8 Å². The average Bonchev–Trinajstić information content (AvgIpc) is 3.34. The second-order valence-corrected chi connectivity index (χ2v) is 6.87. The van der Waals surface area contributed by atoms with Crippen LogP contribution in [-0.4, -0.2) is 31.3 Å². The normalized spacial score (nSPS) is 10.9. The Labute approximate surface area is 171 Å². The number of carbonyl (C=O) groups is 1. The molecule has 0 unspecified atom stereocenters. The third-order valence-corrected chi connectivity index (χ3v) is 4.77. The standard InChI is InChI=1S/C20H17ClN6O2/c1-12-7-9-14(10-8-12)27-17(23-25-26-27)11-22-20(28)18-13(2)29-24-19(18)15-5-3-4-6-16(15)21/h3-10H,11H2,1-2H3,(H,22,28). The summed E-state index contributed by atoms with van der Waals surface area (Å²) < 4.78 is 6.83. The number of hydrogen-bond donors (Lipinski definition) is 1. The Hall–Kier alpha value is -3.52. The van der Waals surface area contributed by atoms with E-state index in [1.807, 2.05) is 43.3 Å². The molecule has 4 rings (SSSR count). The zero-order valence-corrected chi connectivity index (χ0v) is 16.5. The van der Waals surface area contributed by atoms with Crippen molar-refractivity contribution < 1.29 is 9.32 Å². The van der Waals surface area contributed by atoms with E-state index in [0.717, 1.165) is 11.3 Å². The van der Waals surface area contributed by atoms with Crippen molar-refractivity contribution in [1.29, 1.82) is 0 Å². The van der Waals surface area contributed by atoms with E-state index in [1.54, 1.807) is 23.7 Å². The monoisotopic (exact) mass is 408 g/mol. The lowest BCUT2D eigenvalue weighted by atomic mass is 10.1. The molecule has 9 heteroatoms. The van der Waals surface area contributed by atoms with Crippen molar-refractivity contribution in [3.63, 3.8) is 0 Å². The topological polar surface area (TPSA) is 98.7 Å². The minimum Gasteiger partial charge on any atom is -0.360 e. The largest absolute Gasteiger partial charge is 0.360 e. The van der Waals surface area contributed by atoms with Gasteiger partial charge in [-0.3, -0.25) is 4.79 Å². The highest BCUT2D eigenvalue weighted by Crippen LogP contribution is 2.30. The lowest BCUT2D eigenvalue weighted by Crippen LogP contribution is -2.25. The molecule has 0 aliphatic carbocycles. The molecule has 29 heavy (non-hydrogen) atoms. The van der Waals surface area contributed by atoms with Crippen LogP contribution in [0.3, 0.4) is 0 Å². The van der Waals surface area contributed by atoms with Crippen molar-refractivity contribution in [2.45, 2.75) is 20.4 Å². The van der Waals surface area contributed by atoms with Gasteiger partial charge in [0.25, 0.3) is 5.91 Å². The molecule has 2 heterocycles. The first-order valence-electron chi connectivity index (χ1n) is 8.88. The molecule has 0 saturated carbocycles. The van der Waals surface area contributed by atoms with E-state index in [-0.39, 0.29) is 12.5 Å². The molecule has 4 aromatic rings. The molecule has 1 amide bonds. The van der Waals surface area contributed by atoms with Crippen LogP contribution >= 0.6 is 11.6 Å². The molecule has 0 radical (unpaired) electrons. The number of benzene rings is 2. The Morgan fingerprint density at radius 2 is 1.90 bits per heavy atom. The molecule has 2 aromatic heterocycles. The smallest absolute Gasteiger partial charge is 0.257 e. The zero-order valence-electron chi connectivity index (χ0n) is 15.8. The summed E-state index contributed by atoms with van der Waals surface area (Å²) in [5.74, 6) is 0.545. The maximum atomic E-state index is 12.9. The highest BCUT2D eigenvalue weighted by atomic mass is 35.5. The number of tetrazole rings is 1. The first kappa shape index (κ1) is 18.8. The zero-order chi connectivity index (χ0) is 20.4. The van der Waals surface area contributed by atoms with Crippen molar-refractivity contribution in [3.8, 4) is 16.9 Å². The van der Waals surface area contributed by atoms with Crippen molar-refractivity contribution in [2.24, 2.45) is 0 Å². The van der Waals surface area contributed by atoms with Gasteiger partial charge >= 0.3 is 0 Å². The van der Waals surface area contributed by atoms with Crippen LogP contribution < -0.4 is 5.32 Å². The number of amides is 1. The van der Waals surface area contributed by atoms with Crippen molar-refractivity contribution in [2.75, 3.05) is 0 Å². The van der Waals surface area contributed by atoms with Crippen LogP contribution in [0.5, 0.6) is 0 Å². The second-order valence-electron chi connectivity index (χ2n) is 6.47. The van der Waals surface area contributed by atoms with Gasteiger partial charge < -0.3 is 9.84 Å². The van der Waals surface area contributed by atoms with Gasteiger partial charge in [0.05, 0.1) is 17.3 Å². The highest BCUT2D eigenvalue weighted by Gasteiger charge is 2.23. The molecule has 0 saturated heterocycles. The van der Waals surface area contributed by atoms with Gasteiger partial charge in [-0.2, -0.15) is 4.68 Å². The summed E-state index contributed by atoms with van der Waals surface area (Å²) in [5.41, 5.74) is 3.28. The van der Waals surface area contributed by atoms with Gasteiger partial charge in [-0.05, 0) is 42.5 Å². The van der Waals surface area contributed by atoms with E-state index < -0.39 is 0 Å². The predicted octanol–water partition coefficient (Wildman–Crippen LogP) is 3.52. The fraction of sp³-hybridized carbons (Fsp3) is 0.150. The number of aryl methyl sites for hydroxylation is 2. The van der Waals surface area contributed by atoms with E-state index in [9.17, 15) is 4.79 Å². The quantitative estimate of drug-likeness (QED) is 0.542. The highest BCUT2D eigenvalue weighted by molar-refractivity contribution is 6.33. The van der Waals surface area contributed by atoms with Crippen LogP contribution in [0.15, 0.2) is 53.1 Å². The Balaban J connectivity index is 1.57. The molecule has 0 aliphatic rings. The number of hydrogen-bond acceptors (Lipinski definition) is 6. The number of rotatable bonds is 5. The van der Waals surface area contributed by atoms with Gasteiger partial charge in [-0.1, -0.05) is 52.7 Å². The van der Waals surface area contributed by atoms with Gasteiger partial charge in [0.15, 0.2) is 5.82 Å². The lowest BCUT2D eigenvalue weighted by Gasteiger charge is -2.08. The number of carbonyl (C=O) groups excluding carboxylic acids is 1. The van der Waals surface area contributed by atoms with E-state index in [4.69, 9.17) is 16.1 Å². The molecule has 0 fully saturated rings. The Kier molecular flexibility index (Phi) is 5.09. The van der Waals surface area contributed by atoms with Crippen LogP contribution in [0.4, 0.5) is 0 Å². The summed E-state index contributed by atoms with van der Waals surface area (Å²) in [6.07, 6.45) is 0. The predicted molar refractivity (Wildman–Crippen MR) is 107 cm³/mol. The van der Waals surface area contributed by atoms with Crippen LogP contribution in [0.1, 0.15) is 27.5 Å². The molecule has 8 nitrogen and oxygen atoms in total. The minimum atomic E-state index is -0.350. The maximum Gasteiger partial charge on any atom is 0.257 e. The molecular formula is C20H17ClN6O2. The van der Waals surface area contributed by atoms with E-state index >= 15 is 0 Å². The minimum absolute atomic E-state index is 0.131. The molecule has 0 spiro atoms. The summed E-state index contributed by atoms with van der Waals surface area (Å²) >= 11 is 6.26. The Morgan fingerprint density at radius 1 is 1.14 bits per heavy atom. The summed E-state index contributed by atoms with van der Waals surface area (Å²) in [7, 11) is 0. The SMILES string of the molecule is Cc1ccc(-n2nnnc2CNC(=O)c2c(-c3ccccc3Cl)noc2C)cc1. The van der Waals surface area contributed by atoms with Crippen LogP contribution in [0.25, 0.3) is 16.9 Å². The van der Waals surface area contributed by atoms with Gasteiger partial charge in [-0.15, -0.1) is 5.10 Å². The summed E-state index contributed by atoms with van der Waals surface area (Å²) in [6.45, 7) is 3.81. The van der Waals surface area contributed by atoms with Gasteiger partial charge in [0.1, 0.15) is 17.0 Å². The summed E-state index contributed by atoms with van der Waals surface area (Å²) in [5, 5.41) is 19.1. The van der Waals surface area contributed by atoms with Crippen molar-refractivity contribution in [1.82, 2.24) is 30.7 Å². The third kappa shape index (κ3) is 3.74. The van der Waals surface area contributed by atoms with Gasteiger partial charge in [0.2, 0.25) is 0 Å². The summed E-state index contributed by atoms with van der Waals surface area (Å²) in [4.78, 5) is 12.9. The molecule has 0 atom stereocenters. The number of nitrogens with one attached hydrogen (secondary N) is 1. The average molecular weight is 409 g/mol. The van der Waals surface area contributed by atoms with Crippen molar-refractivity contribution >= 4 is 17.5 Å². The van der Waals surface area contributed by atoms with Crippen LogP contribution in [0.2, 0.25) is 5.02 Å². The van der Waals surface area contributed by atoms with E-state index in [1.165, 1.54) is 0 Å². The first-order valence-corrected chi connectivity index (χ1v) is 9.26. The summed E-state index contributed by atoms with van der Waals surface area (Å²) in [6, 6.07) is 14.9. The second kappa shape index (κ2) is 7.84. The molecular weight excluding hydrogens is 392 g/mol. The third-order valence-electron chi connectivity index (χ3n) is 4.44. The molecule has 146 valence electrons. The lowest BCUT2D eigenvalue weighted by molar-refractivity contribution is 0.0948. The fourth-order valence-electron chi connectivity index (χ4n) is 2.93.